The molecule has 0 amide bonds. The SMILES string of the molecule is Cc1nc(Cl)c2c(C#N)cn([C@@H]3O[C@H](O)[C@@H](O)[C@H]3O)c2n1. The summed E-state index contributed by atoms with van der Waals surface area (Å²) in [6.45, 7) is 1.63. The number of hydrogen-bond acceptors (Lipinski definition) is 7. The van der Waals surface area contributed by atoms with Gasteiger partial charge < -0.3 is 24.6 Å². The van der Waals surface area contributed by atoms with E-state index < -0.39 is 24.7 Å². The first-order valence-electron chi connectivity index (χ1n) is 6.08. The van der Waals surface area contributed by atoms with E-state index in [1.54, 1.807) is 6.92 Å². The number of hydrogen-bond donors (Lipinski definition) is 3. The summed E-state index contributed by atoms with van der Waals surface area (Å²) < 4.78 is 6.48. The molecule has 0 spiro atoms. The summed E-state index contributed by atoms with van der Waals surface area (Å²) in [5.41, 5.74) is 0.496. The van der Waals surface area contributed by atoms with Gasteiger partial charge in [0.1, 0.15) is 34.9 Å². The van der Waals surface area contributed by atoms with Crippen molar-refractivity contribution in [2.45, 2.75) is 31.6 Å². The Morgan fingerprint density at radius 2 is 2.05 bits per heavy atom. The molecule has 0 radical (unpaired) electrons. The monoisotopic (exact) mass is 310 g/mol. The van der Waals surface area contributed by atoms with E-state index in [0.29, 0.717) is 11.2 Å². The molecule has 3 heterocycles. The fraction of sp³-hybridized carbons (Fsp3) is 0.417. The van der Waals surface area contributed by atoms with Crippen LogP contribution >= 0.6 is 11.6 Å². The Labute approximate surface area is 123 Å². The summed E-state index contributed by atoms with van der Waals surface area (Å²) in [5.74, 6) is 0.380. The standard InChI is InChI=1S/C12H11ClN4O4/c1-4-15-9(13)6-5(2-14)3-17(10(6)16-4)11-7(18)8(19)12(20)21-11/h3,7-8,11-12,18-20H,1H3/t7-,8+,11-,12+/m1/s1. The van der Waals surface area contributed by atoms with E-state index in [9.17, 15) is 20.6 Å². The quantitative estimate of drug-likeness (QED) is 0.625. The maximum Gasteiger partial charge on any atom is 0.186 e. The van der Waals surface area contributed by atoms with E-state index >= 15 is 0 Å². The highest BCUT2D eigenvalue weighted by atomic mass is 35.5. The van der Waals surface area contributed by atoms with Crippen molar-refractivity contribution in [2.24, 2.45) is 0 Å². The van der Waals surface area contributed by atoms with E-state index in [0.717, 1.165) is 0 Å². The zero-order chi connectivity index (χ0) is 15.3. The van der Waals surface area contributed by atoms with Crippen molar-refractivity contribution in [1.29, 1.82) is 5.26 Å². The average Bonchev–Trinajstić information content (AvgIpc) is 2.92. The predicted molar refractivity (Wildman–Crippen MR) is 70.1 cm³/mol. The Morgan fingerprint density at radius 3 is 2.62 bits per heavy atom. The highest BCUT2D eigenvalue weighted by molar-refractivity contribution is 6.34. The lowest BCUT2D eigenvalue weighted by Crippen LogP contribution is -2.31. The van der Waals surface area contributed by atoms with Crippen LogP contribution in [0.4, 0.5) is 0 Å². The topological polar surface area (TPSA) is 124 Å². The van der Waals surface area contributed by atoms with Gasteiger partial charge in [0.05, 0.1) is 10.9 Å². The third-order valence-electron chi connectivity index (χ3n) is 3.35. The molecule has 3 N–H and O–H groups in total. The molecule has 0 aromatic carbocycles. The summed E-state index contributed by atoms with van der Waals surface area (Å²) in [6.07, 6.45) is -4.02. The van der Waals surface area contributed by atoms with Gasteiger partial charge in [-0.2, -0.15) is 5.26 Å². The summed E-state index contributed by atoms with van der Waals surface area (Å²) in [7, 11) is 0. The van der Waals surface area contributed by atoms with E-state index in [2.05, 4.69) is 9.97 Å². The van der Waals surface area contributed by atoms with Crippen LogP contribution in [0.2, 0.25) is 5.15 Å². The van der Waals surface area contributed by atoms with Gasteiger partial charge >= 0.3 is 0 Å². The average molecular weight is 311 g/mol. The van der Waals surface area contributed by atoms with E-state index in [1.165, 1.54) is 10.8 Å². The zero-order valence-electron chi connectivity index (χ0n) is 10.8. The van der Waals surface area contributed by atoms with Gasteiger partial charge in [-0.3, -0.25) is 0 Å². The van der Waals surface area contributed by atoms with Crippen molar-refractivity contribution in [3.63, 3.8) is 0 Å². The number of ether oxygens (including phenoxy) is 1. The van der Waals surface area contributed by atoms with E-state index in [-0.39, 0.29) is 16.4 Å². The van der Waals surface area contributed by atoms with Gasteiger partial charge in [0, 0.05) is 6.20 Å². The highest BCUT2D eigenvalue weighted by Gasteiger charge is 2.43. The summed E-state index contributed by atoms with van der Waals surface area (Å²) in [4.78, 5) is 8.18. The van der Waals surface area contributed by atoms with Crippen LogP contribution in [0.15, 0.2) is 6.20 Å². The molecule has 1 aliphatic heterocycles. The van der Waals surface area contributed by atoms with Crippen molar-refractivity contribution in [2.75, 3.05) is 0 Å². The first-order valence-corrected chi connectivity index (χ1v) is 6.46. The molecule has 9 heteroatoms. The van der Waals surface area contributed by atoms with Crippen molar-refractivity contribution in [1.82, 2.24) is 14.5 Å². The van der Waals surface area contributed by atoms with Crippen LogP contribution in [0.25, 0.3) is 11.0 Å². The molecule has 0 aliphatic carbocycles. The predicted octanol–water partition coefficient (Wildman–Crippen LogP) is -0.166. The minimum atomic E-state index is -1.52. The Bertz CT molecular complexity index is 756. The molecule has 1 fully saturated rings. The third kappa shape index (κ3) is 2.07. The van der Waals surface area contributed by atoms with Gasteiger partial charge in [-0.05, 0) is 6.92 Å². The number of fused-ring (bicyclic) bond motifs is 1. The lowest BCUT2D eigenvalue weighted by atomic mass is 10.2. The number of nitriles is 1. The van der Waals surface area contributed by atoms with Crippen LogP contribution in [-0.2, 0) is 4.74 Å². The molecule has 8 nitrogen and oxygen atoms in total. The minimum absolute atomic E-state index is 0.112. The molecule has 3 rings (SSSR count). The molecule has 110 valence electrons. The van der Waals surface area contributed by atoms with E-state index in [4.69, 9.17) is 16.3 Å². The molecule has 0 saturated carbocycles. The second kappa shape index (κ2) is 4.91. The van der Waals surface area contributed by atoms with Gasteiger partial charge in [-0.25, -0.2) is 9.97 Å². The minimum Gasteiger partial charge on any atom is -0.385 e. The van der Waals surface area contributed by atoms with Crippen molar-refractivity contribution in [3.05, 3.63) is 22.7 Å². The molecule has 0 bridgehead atoms. The van der Waals surface area contributed by atoms with Crippen LogP contribution in [0, 0.1) is 18.3 Å². The van der Waals surface area contributed by atoms with Crippen molar-refractivity contribution >= 4 is 22.6 Å². The van der Waals surface area contributed by atoms with Crippen LogP contribution in [0.3, 0.4) is 0 Å². The Hall–Kier alpha value is -1.76. The normalized spacial score (nSPS) is 29.0. The van der Waals surface area contributed by atoms with Crippen molar-refractivity contribution < 1.29 is 20.1 Å². The molecule has 2 aromatic heterocycles. The van der Waals surface area contributed by atoms with Gasteiger partial charge in [0.15, 0.2) is 12.5 Å². The van der Waals surface area contributed by atoms with E-state index in [1.807, 2.05) is 6.07 Å². The smallest absolute Gasteiger partial charge is 0.186 e. The van der Waals surface area contributed by atoms with Crippen molar-refractivity contribution in [3.8, 4) is 6.07 Å². The number of rotatable bonds is 1. The van der Waals surface area contributed by atoms with Gasteiger partial charge in [-0.15, -0.1) is 0 Å². The fourth-order valence-electron chi connectivity index (χ4n) is 2.36. The lowest BCUT2D eigenvalue weighted by Gasteiger charge is -2.16. The maximum atomic E-state index is 9.95. The summed E-state index contributed by atoms with van der Waals surface area (Å²) >= 11 is 6.04. The molecule has 1 saturated heterocycles. The molecule has 1 aliphatic rings. The Balaban J connectivity index is 2.23. The third-order valence-corrected chi connectivity index (χ3v) is 3.62. The molecule has 2 aromatic rings. The Morgan fingerprint density at radius 1 is 1.33 bits per heavy atom. The first-order chi connectivity index (χ1) is 9.93. The van der Waals surface area contributed by atoms with Crippen LogP contribution < -0.4 is 0 Å². The number of nitrogens with zero attached hydrogens (tertiary/aromatic N) is 4. The fourth-order valence-corrected chi connectivity index (χ4v) is 2.67. The first kappa shape index (κ1) is 14.2. The second-order valence-corrected chi connectivity index (χ2v) is 5.08. The summed E-state index contributed by atoms with van der Waals surface area (Å²) in [5, 5.41) is 38.6. The zero-order valence-corrected chi connectivity index (χ0v) is 11.6. The molecule has 0 unspecified atom stereocenters. The lowest BCUT2D eigenvalue weighted by molar-refractivity contribution is -0.140. The second-order valence-electron chi connectivity index (χ2n) is 4.72. The number of aliphatic hydroxyl groups excluding tert-OH is 3. The van der Waals surface area contributed by atoms with Crippen LogP contribution in [0.1, 0.15) is 17.6 Å². The number of aliphatic hydroxyl groups is 3. The number of aromatic nitrogens is 3. The van der Waals surface area contributed by atoms with Crippen LogP contribution in [-0.4, -0.2) is 48.4 Å². The molecule has 21 heavy (non-hydrogen) atoms. The van der Waals surface area contributed by atoms with Gasteiger partial charge in [0.2, 0.25) is 0 Å². The molecular weight excluding hydrogens is 300 g/mol. The largest absolute Gasteiger partial charge is 0.385 e. The van der Waals surface area contributed by atoms with Gasteiger partial charge in [-0.1, -0.05) is 11.6 Å². The van der Waals surface area contributed by atoms with Gasteiger partial charge in [0.25, 0.3) is 0 Å². The maximum absolute atomic E-state index is 9.95. The number of aryl methyl sites for hydroxylation is 1. The molecular formula is C12H11ClN4O4. The Kier molecular flexibility index (Phi) is 3.32. The van der Waals surface area contributed by atoms with Crippen LogP contribution in [0.5, 0.6) is 0 Å². The number of halogens is 1. The molecule has 4 atom stereocenters. The summed E-state index contributed by atoms with van der Waals surface area (Å²) in [6, 6.07) is 1.96. The highest BCUT2D eigenvalue weighted by Crippen LogP contribution is 2.34.